The van der Waals surface area contributed by atoms with Crippen molar-refractivity contribution in [2.75, 3.05) is 13.2 Å². The lowest BCUT2D eigenvalue weighted by Gasteiger charge is -2.37. The fourth-order valence-electron chi connectivity index (χ4n) is 3.80. The van der Waals surface area contributed by atoms with Gasteiger partial charge >= 0.3 is 6.36 Å². The van der Waals surface area contributed by atoms with Gasteiger partial charge in [0.05, 0.1) is 11.5 Å². The molecule has 0 aliphatic carbocycles. The zero-order valence-corrected chi connectivity index (χ0v) is 18.2. The highest BCUT2D eigenvalue weighted by molar-refractivity contribution is 7.89. The number of sulfonamides is 1. The summed E-state index contributed by atoms with van der Waals surface area (Å²) in [6.45, 7) is 1.52. The van der Waals surface area contributed by atoms with E-state index in [1.54, 1.807) is 12.1 Å². The van der Waals surface area contributed by atoms with Gasteiger partial charge in [-0.25, -0.2) is 8.42 Å². The summed E-state index contributed by atoms with van der Waals surface area (Å²) < 4.78 is 67.9. The maximum atomic E-state index is 13.0. The van der Waals surface area contributed by atoms with E-state index in [0.29, 0.717) is 12.0 Å². The number of aliphatic hydroxyl groups excluding tert-OH is 1. The summed E-state index contributed by atoms with van der Waals surface area (Å²) in [5.41, 5.74) is 1.45. The van der Waals surface area contributed by atoms with Crippen LogP contribution in [0.3, 0.4) is 0 Å². The van der Waals surface area contributed by atoms with Crippen LogP contribution in [0.2, 0.25) is 0 Å². The van der Waals surface area contributed by atoms with Crippen LogP contribution in [0.5, 0.6) is 5.75 Å². The van der Waals surface area contributed by atoms with Gasteiger partial charge in [-0.2, -0.15) is 4.31 Å². The van der Waals surface area contributed by atoms with Crippen molar-refractivity contribution in [3.05, 3.63) is 59.7 Å². The number of hydrogen-bond acceptors (Lipinski definition) is 5. The van der Waals surface area contributed by atoms with E-state index in [1.165, 1.54) is 28.6 Å². The number of halogens is 3. The Morgan fingerprint density at radius 1 is 1.12 bits per heavy atom. The molecule has 0 unspecified atom stereocenters. The van der Waals surface area contributed by atoms with Gasteiger partial charge in [-0.15, -0.1) is 13.2 Å². The predicted molar refractivity (Wildman–Crippen MR) is 111 cm³/mol. The molecule has 1 saturated heterocycles. The lowest BCUT2D eigenvalue weighted by atomic mass is 9.86. The molecule has 174 valence electrons. The molecule has 10 heteroatoms. The van der Waals surface area contributed by atoms with Crippen LogP contribution in [0.15, 0.2) is 53.4 Å². The number of hydrogen-bond donors (Lipinski definition) is 1. The molecule has 1 heterocycles. The number of rotatable bonds is 7. The summed E-state index contributed by atoms with van der Waals surface area (Å²) in [5, 5.41) is 9.81. The van der Waals surface area contributed by atoms with E-state index in [-0.39, 0.29) is 35.8 Å². The quantitative estimate of drug-likeness (QED) is 0.669. The number of aliphatic hydroxyl groups is 1. The second kappa shape index (κ2) is 9.60. The predicted octanol–water partition coefficient (Wildman–Crippen LogP) is 3.47. The molecule has 1 aliphatic heterocycles. The average molecular weight is 471 g/mol. The number of ketones is 1. The highest BCUT2D eigenvalue weighted by Crippen LogP contribution is 2.30. The number of carbonyl (C=O) groups is 1. The van der Waals surface area contributed by atoms with Gasteiger partial charge in [0.1, 0.15) is 11.5 Å². The molecule has 0 aromatic heterocycles. The largest absolute Gasteiger partial charge is 0.573 e. The molecule has 0 radical (unpaired) electrons. The number of carbonyl (C=O) groups excluding carboxylic acids is 1. The number of nitrogens with zero attached hydrogens (tertiary/aromatic N) is 1. The van der Waals surface area contributed by atoms with E-state index < -0.39 is 35.0 Å². The van der Waals surface area contributed by atoms with Crippen LogP contribution in [0.4, 0.5) is 13.2 Å². The molecule has 1 aliphatic rings. The van der Waals surface area contributed by atoms with Crippen LogP contribution >= 0.6 is 0 Å². The molecule has 0 saturated carbocycles. The average Bonchev–Trinajstić information content (AvgIpc) is 2.74. The van der Waals surface area contributed by atoms with E-state index in [1.807, 2.05) is 6.92 Å². The highest BCUT2D eigenvalue weighted by Gasteiger charge is 2.38. The van der Waals surface area contributed by atoms with Crippen LogP contribution in [0, 0.1) is 12.8 Å². The number of ether oxygens (including phenoxy) is 1. The van der Waals surface area contributed by atoms with Crippen LogP contribution in [0.25, 0.3) is 0 Å². The molecule has 1 N–H and O–H groups in total. The second-order valence-electron chi connectivity index (χ2n) is 7.82. The highest BCUT2D eigenvalue weighted by atomic mass is 32.2. The van der Waals surface area contributed by atoms with E-state index in [9.17, 15) is 31.5 Å². The third kappa shape index (κ3) is 5.87. The molecular formula is C22H24F3NO5S. The Morgan fingerprint density at radius 3 is 2.31 bits per heavy atom. The number of aryl methyl sites for hydroxylation is 1. The molecule has 0 bridgehead atoms. The van der Waals surface area contributed by atoms with Crippen molar-refractivity contribution in [1.29, 1.82) is 0 Å². The van der Waals surface area contributed by atoms with Gasteiger partial charge in [-0.3, -0.25) is 4.79 Å². The standard InChI is InChI=1S/C22H24F3NO5S/c1-15-2-8-20(9-3-15)32(29,30)26-11-10-17(13-18(26)14-27)21(28)12-16-4-6-19(7-5-16)31-22(23,24)25/h2-9,17-18,27H,10-14H2,1H3/t17-,18-/m0/s1. The van der Waals surface area contributed by atoms with Gasteiger partial charge in [0.2, 0.25) is 10.0 Å². The molecule has 0 amide bonds. The minimum Gasteiger partial charge on any atom is -0.406 e. The molecule has 1 fully saturated rings. The number of Topliss-reactive ketones (excluding diaryl/α,β-unsaturated/α-hetero) is 1. The molecular weight excluding hydrogens is 447 g/mol. The number of benzene rings is 2. The van der Waals surface area contributed by atoms with Crippen molar-refractivity contribution in [3.63, 3.8) is 0 Å². The zero-order valence-electron chi connectivity index (χ0n) is 17.4. The van der Waals surface area contributed by atoms with Crippen molar-refractivity contribution >= 4 is 15.8 Å². The van der Waals surface area contributed by atoms with Crippen molar-refractivity contribution in [1.82, 2.24) is 4.31 Å². The fraction of sp³-hybridized carbons (Fsp3) is 0.409. The first kappa shape index (κ1) is 24.2. The summed E-state index contributed by atoms with van der Waals surface area (Å²) in [7, 11) is -3.81. The van der Waals surface area contributed by atoms with E-state index in [4.69, 9.17) is 0 Å². The fourth-order valence-corrected chi connectivity index (χ4v) is 5.45. The summed E-state index contributed by atoms with van der Waals surface area (Å²) in [4.78, 5) is 12.9. The second-order valence-corrected chi connectivity index (χ2v) is 9.71. The van der Waals surface area contributed by atoms with Gasteiger partial charge in [-0.1, -0.05) is 29.8 Å². The SMILES string of the molecule is Cc1ccc(S(=O)(=O)N2CC[C@H](C(=O)Cc3ccc(OC(F)(F)F)cc3)C[C@H]2CO)cc1. The normalized spacial score (nSPS) is 20.2. The maximum Gasteiger partial charge on any atom is 0.573 e. The van der Waals surface area contributed by atoms with Crippen LogP contribution in [-0.2, 0) is 21.2 Å². The van der Waals surface area contributed by atoms with Crippen molar-refractivity contribution in [2.24, 2.45) is 5.92 Å². The first-order valence-electron chi connectivity index (χ1n) is 10.1. The lowest BCUT2D eigenvalue weighted by molar-refractivity contribution is -0.274. The van der Waals surface area contributed by atoms with Crippen LogP contribution in [-0.4, -0.2) is 49.2 Å². The third-order valence-corrected chi connectivity index (χ3v) is 7.46. The first-order valence-corrected chi connectivity index (χ1v) is 11.5. The molecule has 2 atom stereocenters. The Balaban J connectivity index is 1.65. The Kier molecular flexibility index (Phi) is 7.26. The minimum atomic E-state index is -4.79. The van der Waals surface area contributed by atoms with E-state index >= 15 is 0 Å². The Bertz CT molecular complexity index is 1040. The van der Waals surface area contributed by atoms with Gasteiger partial charge in [0.25, 0.3) is 0 Å². The van der Waals surface area contributed by atoms with Gasteiger partial charge < -0.3 is 9.84 Å². The Morgan fingerprint density at radius 2 is 1.75 bits per heavy atom. The number of piperidine rings is 1. The molecule has 6 nitrogen and oxygen atoms in total. The van der Waals surface area contributed by atoms with Gasteiger partial charge in [-0.05, 0) is 49.6 Å². The minimum absolute atomic E-state index is 0.000173. The Hall–Kier alpha value is -2.43. The topological polar surface area (TPSA) is 83.9 Å². The molecule has 32 heavy (non-hydrogen) atoms. The summed E-state index contributed by atoms with van der Waals surface area (Å²) in [6.07, 6.45) is -4.31. The number of alkyl halides is 3. The molecule has 0 spiro atoms. The summed E-state index contributed by atoms with van der Waals surface area (Å²) in [6, 6.07) is 10.8. The summed E-state index contributed by atoms with van der Waals surface area (Å²) >= 11 is 0. The lowest BCUT2D eigenvalue weighted by Crippen LogP contribution is -2.49. The van der Waals surface area contributed by atoms with Crippen LogP contribution in [0.1, 0.15) is 24.0 Å². The maximum absolute atomic E-state index is 13.0. The van der Waals surface area contributed by atoms with E-state index in [0.717, 1.165) is 17.7 Å². The molecule has 2 aromatic carbocycles. The third-order valence-electron chi connectivity index (χ3n) is 5.49. The Labute approximate surface area is 184 Å². The van der Waals surface area contributed by atoms with Crippen molar-refractivity contribution < 1.29 is 36.2 Å². The van der Waals surface area contributed by atoms with Crippen molar-refractivity contribution in [3.8, 4) is 5.75 Å². The first-order chi connectivity index (χ1) is 15.0. The monoisotopic (exact) mass is 471 g/mol. The van der Waals surface area contributed by atoms with Gasteiger partial charge in [0, 0.05) is 24.9 Å². The van der Waals surface area contributed by atoms with Crippen molar-refractivity contribution in [2.45, 2.75) is 43.5 Å². The van der Waals surface area contributed by atoms with E-state index in [2.05, 4.69) is 4.74 Å². The molecule has 2 aromatic rings. The zero-order chi connectivity index (χ0) is 23.5. The smallest absolute Gasteiger partial charge is 0.406 e. The molecule has 3 rings (SSSR count). The summed E-state index contributed by atoms with van der Waals surface area (Å²) in [5.74, 6) is -0.980. The van der Waals surface area contributed by atoms with Crippen LogP contribution < -0.4 is 4.74 Å². The van der Waals surface area contributed by atoms with Gasteiger partial charge in [0.15, 0.2) is 0 Å².